The monoisotopic (exact) mass is 348 g/mol. The third kappa shape index (κ3) is 3.62. The number of β-amino-alcohol motifs (C(OH)–C–C–N with tert-alkyl or cyclic N) is 1. The number of carbonyl (C=O) groups is 1. The van der Waals surface area contributed by atoms with Crippen molar-refractivity contribution in [3.63, 3.8) is 0 Å². The van der Waals surface area contributed by atoms with Crippen molar-refractivity contribution >= 4 is 28.9 Å². The van der Waals surface area contributed by atoms with E-state index in [1.807, 2.05) is 30.0 Å². The summed E-state index contributed by atoms with van der Waals surface area (Å²) in [6.45, 7) is 1.27. The molecular weight excluding hydrogens is 328 g/mol. The van der Waals surface area contributed by atoms with Crippen LogP contribution in [0.2, 0.25) is 0 Å². The molecule has 2 N–H and O–H groups in total. The fourth-order valence-electron chi connectivity index (χ4n) is 2.61. The molecule has 8 nitrogen and oxygen atoms in total. The molecule has 1 aliphatic rings. The van der Waals surface area contributed by atoms with E-state index in [0.717, 1.165) is 11.6 Å². The lowest BCUT2D eigenvalue weighted by atomic mass is 10.0. The van der Waals surface area contributed by atoms with E-state index in [2.05, 4.69) is 20.3 Å². The van der Waals surface area contributed by atoms with Crippen LogP contribution in [0.3, 0.4) is 0 Å². The van der Waals surface area contributed by atoms with Crippen LogP contribution in [0.15, 0.2) is 23.3 Å². The number of hydrogen-bond donors (Lipinski definition) is 2. The Morgan fingerprint density at radius 3 is 3.00 bits per heavy atom. The zero-order chi connectivity index (χ0) is 17.2. The van der Waals surface area contributed by atoms with Gasteiger partial charge in [0.2, 0.25) is 0 Å². The molecule has 1 amide bonds. The van der Waals surface area contributed by atoms with Crippen molar-refractivity contribution in [2.75, 3.05) is 43.5 Å². The second-order valence-corrected chi connectivity index (χ2v) is 6.80. The van der Waals surface area contributed by atoms with Crippen molar-refractivity contribution in [1.82, 2.24) is 20.3 Å². The molecule has 0 saturated carbocycles. The van der Waals surface area contributed by atoms with Gasteiger partial charge in [0.15, 0.2) is 0 Å². The highest BCUT2D eigenvalue weighted by atomic mass is 32.1. The smallest absolute Gasteiger partial charge is 0.270 e. The van der Waals surface area contributed by atoms with Gasteiger partial charge in [-0.1, -0.05) is 0 Å². The molecule has 1 saturated heterocycles. The number of hydrogen-bond acceptors (Lipinski definition) is 8. The molecule has 2 aromatic heterocycles. The zero-order valence-electron chi connectivity index (χ0n) is 13.6. The summed E-state index contributed by atoms with van der Waals surface area (Å²) in [7, 11) is 3.83. The van der Waals surface area contributed by atoms with Crippen molar-refractivity contribution < 1.29 is 9.90 Å². The lowest BCUT2D eigenvalue weighted by Gasteiger charge is -2.24. The Kier molecular flexibility index (Phi) is 4.63. The first-order valence-electron chi connectivity index (χ1n) is 7.60. The van der Waals surface area contributed by atoms with E-state index in [1.54, 1.807) is 10.9 Å². The molecule has 128 valence electrons. The van der Waals surface area contributed by atoms with Crippen molar-refractivity contribution in [2.45, 2.75) is 12.0 Å². The third-order valence-electron chi connectivity index (χ3n) is 4.00. The minimum atomic E-state index is -0.977. The molecule has 0 radical (unpaired) electrons. The van der Waals surface area contributed by atoms with Crippen molar-refractivity contribution in [2.24, 2.45) is 0 Å². The molecule has 2 aromatic rings. The highest BCUT2D eigenvalue weighted by Gasteiger charge is 2.37. The molecule has 9 heteroatoms. The molecule has 3 heterocycles. The van der Waals surface area contributed by atoms with Gasteiger partial charge in [0.05, 0.1) is 5.51 Å². The van der Waals surface area contributed by atoms with Gasteiger partial charge in [-0.15, -0.1) is 11.3 Å². The summed E-state index contributed by atoms with van der Waals surface area (Å²) in [5.74, 6) is 1.32. The predicted octanol–water partition coefficient (Wildman–Crippen LogP) is 0.370. The van der Waals surface area contributed by atoms with Gasteiger partial charge in [-0.2, -0.15) is 0 Å². The molecule has 0 bridgehead atoms. The molecule has 1 aliphatic heterocycles. The van der Waals surface area contributed by atoms with E-state index < -0.39 is 5.60 Å². The number of carbonyl (C=O) groups excluding carboxylic acids is 1. The number of aromatic nitrogens is 3. The minimum absolute atomic E-state index is 0.186. The molecule has 0 aromatic carbocycles. The topological polar surface area (TPSA) is 94.5 Å². The minimum Gasteiger partial charge on any atom is -0.386 e. The first-order valence-corrected chi connectivity index (χ1v) is 8.54. The van der Waals surface area contributed by atoms with Gasteiger partial charge in [-0.05, 0) is 6.42 Å². The van der Waals surface area contributed by atoms with Gasteiger partial charge in [0, 0.05) is 45.2 Å². The fourth-order valence-corrected chi connectivity index (χ4v) is 3.14. The summed E-state index contributed by atoms with van der Waals surface area (Å²) in [5, 5.41) is 15.2. The van der Waals surface area contributed by atoms with Crippen LogP contribution in [-0.4, -0.2) is 65.3 Å². The molecule has 1 fully saturated rings. The normalized spacial score (nSPS) is 20.2. The lowest BCUT2D eigenvalue weighted by Crippen LogP contribution is -2.45. The number of aliphatic hydroxyl groups is 1. The Labute approximate surface area is 144 Å². The quantitative estimate of drug-likeness (QED) is 0.806. The second-order valence-electron chi connectivity index (χ2n) is 6.08. The third-order valence-corrected chi connectivity index (χ3v) is 4.58. The maximum Gasteiger partial charge on any atom is 0.270 e. The number of nitrogens with one attached hydrogen (secondary N) is 1. The first-order chi connectivity index (χ1) is 11.5. The summed E-state index contributed by atoms with van der Waals surface area (Å²) in [5.41, 5.74) is 1.01. The highest BCUT2D eigenvalue weighted by molar-refractivity contribution is 7.07. The van der Waals surface area contributed by atoms with Gasteiger partial charge >= 0.3 is 0 Å². The van der Waals surface area contributed by atoms with E-state index in [0.29, 0.717) is 25.2 Å². The Morgan fingerprint density at radius 1 is 1.46 bits per heavy atom. The van der Waals surface area contributed by atoms with Gasteiger partial charge in [0.1, 0.15) is 29.3 Å². The molecule has 3 rings (SSSR count). The Hall–Kier alpha value is -2.26. The van der Waals surface area contributed by atoms with Crippen molar-refractivity contribution in [1.29, 1.82) is 0 Å². The summed E-state index contributed by atoms with van der Waals surface area (Å²) in [4.78, 5) is 28.3. The van der Waals surface area contributed by atoms with Crippen LogP contribution in [0, 0.1) is 0 Å². The molecule has 0 aliphatic carbocycles. The largest absolute Gasteiger partial charge is 0.386 e. The van der Waals surface area contributed by atoms with Crippen LogP contribution in [0.5, 0.6) is 0 Å². The number of amides is 1. The first kappa shape index (κ1) is 16.6. The van der Waals surface area contributed by atoms with Gasteiger partial charge < -0.3 is 20.2 Å². The summed E-state index contributed by atoms with van der Waals surface area (Å²) < 4.78 is 0. The van der Waals surface area contributed by atoms with E-state index in [-0.39, 0.29) is 12.5 Å². The van der Waals surface area contributed by atoms with E-state index >= 15 is 0 Å². The molecule has 1 unspecified atom stereocenters. The average molecular weight is 348 g/mol. The molecule has 1 atom stereocenters. The van der Waals surface area contributed by atoms with Crippen LogP contribution in [-0.2, 0) is 0 Å². The van der Waals surface area contributed by atoms with E-state index in [1.165, 1.54) is 17.7 Å². The van der Waals surface area contributed by atoms with Crippen molar-refractivity contribution in [3.05, 3.63) is 29.0 Å². The van der Waals surface area contributed by atoms with E-state index in [9.17, 15) is 9.90 Å². The Bertz CT molecular complexity index is 708. The average Bonchev–Trinajstić information content (AvgIpc) is 3.23. The Balaban J connectivity index is 1.61. The number of anilines is 2. The zero-order valence-corrected chi connectivity index (χ0v) is 14.5. The van der Waals surface area contributed by atoms with Crippen LogP contribution in [0.4, 0.5) is 11.6 Å². The maximum atomic E-state index is 12.0. The standard InChI is InChI=1S/C15H20N6O2S/c1-20(2)12-5-13(18-9-17-12)21-4-3-15(23,8-21)7-16-14(22)11-6-24-10-19-11/h5-6,9-10,23H,3-4,7-8H2,1-2H3,(H,16,22). The van der Waals surface area contributed by atoms with Gasteiger partial charge in [0.25, 0.3) is 5.91 Å². The summed E-state index contributed by atoms with van der Waals surface area (Å²) in [6.07, 6.45) is 2.08. The molecular formula is C15H20N6O2S. The van der Waals surface area contributed by atoms with E-state index in [4.69, 9.17) is 0 Å². The van der Waals surface area contributed by atoms with Crippen LogP contribution in [0.25, 0.3) is 0 Å². The number of rotatable bonds is 5. The number of nitrogens with zero attached hydrogens (tertiary/aromatic N) is 5. The molecule has 0 spiro atoms. The van der Waals surface area contributed by atoms with Gasteiger partial charge in [-0.25, -0.2) is 15.0 Å². The number of thiazole rings is 1. The lowest BCUT2D eigenvalue weighted by molar-refractivity contribution is 0.0574. The predicted molar refractivity (Wildman–Crippen MR) is 92.6 cm³/mol. The van der Waals surface area contributed by atoms with Crippen LogP contribution >= 0.6 is 11.3 Å². The van der Waals surface area contributed by atoms with Crippen molar-refractivity contribution in [3.8, 4) is 0 Å². The summed E-state index contributed by atoms with van der Waals surface area (Å²) >= 11 is 1.37. The Morgan fingerprint density at radius 2 is 2.29 bits per heavy atom. The maximum absolute atomic E-state index is 12.0. The molecule has 24 heavy (non-hydrogen) atoms. The highest BCUT2D eigenvalue weighted by Crippen LogP contribution is 2.26. The second kappa shape index (κ2) is 6.70. The van der Waals surface area contributed by atoms with Gasteiger partial charge in [-0.3, -0.25) is 4.79 Å². The SMILES string of the molecule is CN(C)c1cc(N2CCC(O)(CNC(=O)c3cscn3)C2)ncn1. The summed E-state index contributed by atoms with van der Waals surface area (Å²) in [6, 6.07) is 1.89. The fraction of sp³-hybridized carbons (Fsp3) is 0.467. The van der Waals surface area contributed by atoms with Crippen LogP contribution in [0.1, 0.15) is 16.9 Å². The van der Waals surface area contributed by atoms with Crippen LogP contribution < -0.4 is 15.1 Å².